The van der Waals surface area contributed by atoms with Gasteiger partial charge in [0.15, 0.2) is 5.11 Å². The van der Waals surface area contributed by atoms with Gasteiger partial charge in [0.2, 0.25) is 0 Å². The molecule has 0 saturated carbocycles. The fourth-order valence-electron chi connectivity index (χ4n) is 3.34. The maximum absolute atomic E-state index is 5.77. The minimum atomic E-state index is 0.154. The Morgan fingerprint density at radius 2 is 2.04 bits per heavy atom. The van der Waals surface area contributed by atoms with Crippen molar-refractivity contribution in [1.29, 1.82) is 0 Å². The van der Waals surface area contributed by atoms with Crippen LogP contribution in [0.15, 0.2) is 60.1 Å². The van der Waals surface area contributed by atoms with Gasteiger partial charge in [0.25, 0.3) is 0 Å². The number of anilines is 1. The molecule has 0 fully saturated rings. The molecule has 0 spiro atoms. The standard InChI is InChI=1S/C20H21N3OS2/c1-2-24-16-9-7-15(8-10-16)21-20(25)23-13-12-22-11-3-5-17(22)19(23)18-6-4-14-26-18/h3-11,14,19H,2,12-13H2,1H3,(H,21,25)/t19-/m0/s1. The number of thiophene rings is 1. The molecule has 0 amide bonds. The number of rotatable bonds is 4. The van der Waals surface area contributed by atoms with E-state index in [-0.39, 0.29) is 6.04 Å². The molecule has 2 aromatic heterocycles. The van der Waals surface area contributed by atoms with E-state index in [1.807, 2.05) is 31.2 Å². The van der Waals surface area contributed by atoms with E-state index in [1.54, 1.807) is 11.3 Å². The van der Waals surface area contributed by atoms with E-state index in [2.05, 4.69) is 50.6 Å². The van der Waals surface area contributed by atoms with Crippen LogP contribution < -0.4 is 10.1 Å². The number of aromatic nitrogens is 1. The van der Waals surface area contributed by atoms with Gasteiger partial charge in [0, 0.05) is 35.5 Å². The third-order valence-corrected chi connectivity index (χ3v) is 5.79. The van der Waals surface area contributed by atoms with Gasteiger partial charge in [-0.3, -0.25) is 0 Å². The van der Waals surface area contributed by atoms with E-state index >= 15 is 0 Å². The van der Waals surface area contributed by atoms with Gasteiger partial charge in [-0.15, -0.1) is 11.3 Å². The molecule has 1 N–H and O–H groups in total. The number of thiocarbonyl (C=S) groups is 1. The number of hydrogen-bond acceptors (Lipinski definition) is 3. The van der Waals surface area contributed by atoms with Crippen molar-refractivity contribution in [2.24, 2.45) is 0 Å². The average Bonchev–Trinajstić information content (AvgIpc) is 3.34. The number of fused-ring (bicyclic) bond motifs is 1. The lowest BCUT2D eigenvalue weighted by Crippen LogP contribution is -2.44. The summed E-state index contributed by atoms with van der Waals surface area (Å²) in [7, 11) is 0. The first kappa shape index (κ1) is 17.1. The fraction of sp³-hybridized carbons (Fsp3) is 0.250. The summed E-state index contributed by atoms with van der Waals surface area (Å²) in [5, 5.41) is 6.27. The smallest absolute Gasteiger partial charge is 0.174 e. The first-order chi connectivity index (χ1) is 12.8. The third kappa shape index (κ3) is 3.34. The Morgan fingerprint density at radius 3 is 2.77 bits per heavy atom. The SMILES string of the molecule is CCOc1ccc(NC(=S)N2CCn3cccc3[C@H]2c2cccs2)cc1. The lowest BCUT2D eigenvalue weighted by molar-refractivity contribution is 0.297. The number of ether oxygens (including phenoxy) is 1. The highest BCUT2D eigenvalue weighted by atomic mass is 32.1. The Labute approximate surface area is 163 Å². The molecule has 0 saturated heterocycles. The van der Waals surface area contributed by atoms with Crippen molar-refractivity contribution in [1.82, 2.24) is 9.47 Å². The molecule has 1 aromatic carbocycles. The van der Waals surface area contributed by atoms with E-state index in [0.29, 0.717) is 6.61 Å². The van der Waals surface area contributed by atoms with E-state index in [4.69, 9.17) is 17.0 Å². The lowest BCUT2D eigenvalue weighted by Gasteiger charge is -2.38. The van der Waals surface area contributed by atoms with Crippen molar-refractivity contribution in [3.8, 4) is 5.75 Å². The van der Waals surface area contributed by atoms with Crippen LogP contribution in [0.5, 0.6) is 5.75 Å². The van der Waals surface area contributed by atoms with Gasteiger partial charge < -0.3 is 19.5 Å². The molecule has 0 radical (unpaired) electrons. The minimum Gasteiger partial charge on any atom is -0.494 e. The van der Waals surface area contributed by atoms with E-state index < -0.39 is 0 Å². The quantitative estimate of drug-likeness (QED) is 0.659. The van der Waals surface area contributed by atoms with Crippen LogP contribution in [0.3, 0.4) is 0 Å². The Balaban J connectivity index is 1.56. The first-order valence-corrected chi connectivity index (χ1v) is 10.0. The molecule has 6 heteroatoms. The first-order valence-electron chi connectivity index (χ1n) is 8.75. The number of nitrogens with zero attached hydrogens (tertiary/aromatic N) is 2. The number of hydrogen-bond donors (Lipinski definition) is 1. The zero-order chi connectivity index (χ0) is 17.9. The van der Waals surface area contributed by atoms with Crippen LogP contribution in [0.2, 0.25) is 0 Å². The topological polar surface area (TPSA) is 29.4 Å². The molecule has 3 heterocycles. The van der Waals surface area contributed by atoms with Gasteiger partial charge in [-0.25, -0.2) is 0 Å². The highest BCUT2D eigenvalue weighted by molar-refractivity contribution is 7.80. The van der Waals surface area contributed by atoms with Crippen molar-refractivity contribution in [2.75, 3.05) is 18.5 Å². The molecule has 1 atom stereocenters. The summed E-state index contributed by atoms with van der Waals surface area (Å²) in [6.07, 6.45) is 2.15. The molecule has 4 nitrogen and oxygen atoms in total. The second-order valence-electron chi connectivity index (χ2n) is 6.13. The summed E-state index contributed by atoms with van der Waals surface area (Å²) in [6.45, 7) is 4.47. The van der Waals surface area contributed by atoms with E-state index in [9.17, 15) is 0 Å². The molecule has 3 aromatic rings. The second-order valence-corrected chi connectivity index (χ2v) is 7.49. The van der Waals surface area contributed by atoms with Gasteiger partial charge in [-0.2, -0.15) is 0 Å². The third-order valence-electron chi connectivity index (χ3n) is 4.53. The predicted octanol–water partition coefficient (Wildman–Crippen LogP) is 4.75. The van der Waals surface area contributed by atoms with Crippen LogP contribution >= 0.6 is 23.6 Å². The van der Waals surface area contributed by atoms with Crippen LogP contribution in [0, 0.1) is 0 Å². The Kier molecular flexibility index (Phi) is 4.95. The highest BCUT2D eigenvalue weighted by Crippen LogP contribution is 2.35. The van der Waals surface area contributed by atoms with Crippen molar-refractivity contribution < 1.29 is 4.74 Å². The molecule has 0 aliphatic carbocycles. The summed E-state index contributed by atoms with van der Waals surface area (Å²) in [5.41, 5.74) is 2.26. The molecular formula is C20H21N3OS2. The van der Waals surface area contributed by atoms with Gasteiger partial charge in [0.05, 0.1) is 6.61 Å². The van der Waals surface area contributed by atoms with Crippen LogP contribution in [0.1, 0.15) is 23.5 Å². The Bertz CT molecular complexity index is 871. The van der Waals surface area contributed by atoms with E-state index in [0.717, 1.165) is 29.6 Å². The van der Waals surface area contributed by atoms with Gasteiger partial charge in [-0.1, -0.05) is 6.07 Å². The zero-order valence-electron chi connectivity index (χ0n) is 14.6. The summed E-state index contributed by atoms with van der Waals surface area (Å²) < 4.78 is 7.83. The molecule has 134 valence electrons. The Hall–Kier alpha value is -2.31. The molecular weight excluding hydrogens is 362 g/mol. The van der Waals surface area contributed by atoms with Crippen molar-refractivity contribution in [2.45, 2.75) is 19.5 Å². The van der Waals surface area contributed by atoms with Crippen LogP contribution in [0.4, 0.5) is 5.69 Å². The van der Waals surface area contributed by atoms with Gasteiger partial charge >= 0.3 is 0 Å². The zero-order valence-corrected chi connectivity index (χ0v) is 16.2. The van der Waals surface area contributed by atoms with Crippen LogP contribution in [0.25, 0.3) is 0 Å². The molecule has 4 rings (SSSR count). The lowest BCUT2D eigenvalue weighted by atomic mass is 10.1. The molecule has 1 aliphatic heterocycles. The van der Waals surface area contributed by atoms with Crippen molar-refractivity contribution in [3.05, 3.63) is 70.7 Å². The van der Waals surface area contributed by atoms with Crippen LogP contribution in [-0.2, 0) is 6.54 Å². The monoisotopic (exact) mass is 383 g/mol. The van der Waals surface area contributed by atoms with Crippen molar-refractivity contribution >= 4 is 34.4 Å². The predicted molar refractivity (Wildman–Crippen MR) is 111 cm³/mol. The maximum Gasteiger partial charge on any atom is 0.174 e. The van der Waals surface area contributed by atoms with Gasteiger partial charge in [0.1, 0.15) is 11.8 Å². The van der Waals surface area contributed by atoms with Crippen LogP contribution in [-0.4, -0.2) is 27.7 Å². The molecule has 26 heavy (non-hydrogen) atoms. The maximum atomic E-state index is 5.77. The molecule has 0 bridgehead atoms. The fourth-order valence-corrected chi connectivity index (χ4v) is 4.51. The number of nitrogens with one attached hydrogen (secondary N) is 1. The summed E-state index contributed by atoms with van der Waals surface area (Å²) in [6, 6.07) is 16.7. The van der Waals surface area contributed by atoms with Gasteiger partial charge in [-0.05, 0) is 67.0 Å². The summed E-state index contributed by atoms with van der Waals surface area (Å²) in [5.74, 6) is 0.872. The summed E-state index contributed by atoms with van der Waals surface area (Å²) in [4.78, 5) is 3.59. The van der Waals surface area contributed by atoms with Crippen molar-refractivity contribution in [3.63, 3.8) is 0 Å². The molecule has 0 unspecified atom stereocenters. The average molecular weight is 384 g/mol. The molecule has 1 aliphatic rings. The second kappa shape index (κ2) is 7.51. The normalized spacial score (nSPS) is 16.2. The largest absolute Gasteiger partial charge is 0.494 e. The minimum absolute atomic E-state index is 0.154. The number of benzene rings is 1. The Morgan fingerprint density at radius 1 is 1.19 bits per heavy atom. The van der Waals surface area contributed by atoms with E-state index in [1.165, 1.54) is 10.6 Å². The summed E-state index contributed by atoms with van der Waals surface area (Å²) >= 11 is 7.55. The highest BCUT2D eigenvalue weighted by Gasteiger charge is 2.31.